The van der Waals surface area contributed by atoms with E-state index in [-0.39, 0.29) is 17.5 Å². The summed E-state index contributed by atoms with van der Waals surface area (Å²) in [6.45, 7) is 3.11. The minimum absolute atomic E-state index is 0.0359. The third kappa shape index (κ3) is 4.50. The summed E-state index contributed by atoms with van der Waals surface area (Å²) < 4.78 is 24.8. The number of nitrogens with two attached hydrogens (primary N) is 1. The summed E-state index contributed by atoms with van der Waals surface area (Å²) in [5, 5.41) is 4.29. The van der Waals surface area contributed by atoms with Crippen molar-refractivity contribution < 1.29 is 18.7 Å². The molecule has 0 aromatic rings. The number of halogens is 2. The molecule has 0 unspecified atom stereocenters. The Kier molecular flexibility index (Phi) is 3.46. The monoisotopic (exact) mass is 199 g/mol. The van der Waals surface area contributed by atoms with Gasteiger partial charge in [0.15, 0.2) is 0 Å². The van der Waals surface area contributed by atoms with Crippen LogP contribution in [-0.2, 0) is 4.79 Å². The van der Waals surface area contributed by atoms with Gasteiger partial charge in [-0.2, -0.15) is 8.78 Å². The van der Waals surface area contributed by atoms with E-state index in [2.05, 4.69) is 0 Å². The van der Waals surface area contributed by atoms with Gasteiger partial charge in [0.1, 0.15) is 0 Å². The van der Waals surface area contributed by atoms with Crippen LogP contribution in [0.15, 0.2) is 0 Å². The van der Waals surface area contributed by atoms with Crippen molar-refractivity contribution in [2.75, 3.05) is 5.75 Å². The van der Waals surface area contributed by atoms with Gasteiger partial charge in [0.05, 0.1) is 0 Å². The first-order valence-electron chi connectivity index (χ1n) is 3.19. The molecule has 0 spiro atoms. The second-order valence-corrected chi connectivity index (χ2v) is 4.19. The van der Waals surface area contributed by atoms with Gasteiger partial charge in [-0.25, -0.2) is 4.79 Å². The Morgan fingerprint density at radius 1 is 1.58 bits per heavy atom. The van der Waals surface area contributed by atoms with Crippen LogP contribution in [0.3, 0.4) is 0 Å². The number of carbonyl (C=O) groups is 1. The molecule has 0 heterocycles. The van der Waals surface area contributed by atoms with Crippen molar-refractivity contribution in [3.63, 3.8) is 0 Å². The summed E-state index contributed by atoms with van der Waals surface area (Å²) in [5.41, 5.74) is 4.61. The van der Waals surface area contributed by atoms with Crippen LogP contribution in [-0.4, -0.2) is 27.6 Å². The van der Waals surface area contributed by atoms with Gasteiger partial charge in [-0.1, -0.05) is 11.8 Å². The van der Waals surface area contributed by atoms with Crippen molar-refractivity contribution in [3.05, 3.63) is 0 Å². The molecule has 0 radical (unpaired) electrons. The molecule has 3 N–H and O–H groups in total. The number of carboxylic acid groups (broad SMARTS) is 1. The van der Waals surface area contributed by atoms with Crippen LogP contribution in [0.25, 0.3) is 0 Å². The van der Waals surface area contributed by atoms with E-state index in [4.69, 9.17) is 10.8 Å². The number of hydrogen-bond donors (Lipinski definition) is 2. The summed E-state index contributed by atoms with van der Waals surface area (Å²) in [6, 6.07) is 0. The molecule has 0 saturated carbocycles. The van der Waals surface area contributed by atoms with Gasteiger partial charge >= 0.3 is 11.2 Å². The Morgan fingerprint density at radius 3 is 2.25 bits per heavy atom. The van der Waals surface area contributed by atoms with E-state index in [1.165, 1.54) is 0 Å². The third-order valence-corrected chi connectivity index (χ3v) is 2.30. The van der Waals surface area contributed by atoms with Crippen molar-refractivity contribution in [1.29, 1.82) is 0 Å². The van der Waals surface area contributed by atoms with Gasteiger partial charge in [-0.05, 0) is 13.8 Å². The summed E-state index contributed by atoms with van der Waals surface area (Å²) in [4.78, 5) is 9.93. The van der Waals surface area contributed by atoms with E-state index in [0.29, 0.717) is 0 Å². The highest BCUT2D eigenvalue weighted by molar-refractivity contribution is 8.01. The fraction of sp³-hybridized carbons (Fsp3) is 0.833. The maximum atomic E-state index is 12.4. The van der Waals surface area contributed by atoms with E-state index >= 15 is 0 Å². The van der Waals surface area contributed by atoms with Crippen LogP contribution in [0, 0.1) is 0 Å². The van der Waals surface area contributed by atoms with Crippen LogP contribution >= 0.6 is 11.8 Å². The number of carboxylic acids is 1. The second-order valence-electron chi connectivity index (χ2n) is 3.10. The highest BCUT2D eigenvalue weighted by atomic mass is 32.2. The van der Waals surface area contributed by atoms with Crippen LogP contribution < -0.4 is 5.73 Å². The normalized spacial score (nSPS) is 13.1. The van der Waals surface area contributed by atoms with Gasteiger partial charge in [0, 0.05) is 11.3 Å². The standard InChI is InChI=1S/C6H11F2NO2S/c1-5(2,9)3-12-6(7,8)4(10)11/h3,9H2,1-2H3,(H,10,11). The maximum Gasteiger partial charge on any atom is 0.388 e. The molecule has 0 fully saturated rings. The maximum absolute atomic E-state index is 12.4. The zero-order valence-corrected chi connectivity index (χ0v) is 7.62. The van der Waals surface area contributed by atoms with Gasteiger partial charge < -0.3 is 10.8 Å². The molecule has 0 aromatic carbocycles. The zero-order valence-electron chi connectivity index (χ0n) is 6.80. The summed E-state index contributed by atoms with van der Waals surface area (Å²) in [6.07, 6.45) is 0. The average Bonchev–Trinajstić information content (AvgIpc) is 1.82. The lowest BCUT2D eigenvalue weighted by molar-refractivity contribution is -0.152. The Morgan fingerprint density at radius 2 is 2.00 bits per heavy atom. The molecule has 0 aliphatic rings. The van der Waals surface area contributed by atoms with Gasteiger partial charge in [0.2, 0.25) is 0 Å². The summed E-state index contributed by atoms with van der Waals surface area (Å²) in [5.74, 6) is -2.23. The third-order valence-electron chi connectivity index (χ3n) is 0.874. The van der Waals surface area contributed by atoms with Gasteiger partial charge in [-0.3, -0.25) is 0 Å². The van der Waals surface area contributed by atoms with Crippen LogP contribution in [0.4, 0.5) is 8.78 Å². The zero-order chi connectivity index (χ0) is 9.99. The summed E-state index contributed by atoms with van der Waals surface area (Å²) >= 11 is 0.0359. The number of hydrogen-bond acceptors (Lipinski definition) is 3. The molecule has 0 saturated heterocycles. The Balaban J connectivity index is 4.01. The highest BCUT2D eigenvalue weighted by Gasteiger charge is 2.40. The molecule has 0 rings (SSSR count). The Bertz CT molecular complexity index is 179. The van der Waals surface area contributed by atoms with Crippen molar-refractivity contribution in [2.24, 2.45) is 5.73 Å². The predicted octanol–water partition coefficient (Wildman–Crippen LogP) is 1.13. The van der Waals surface area contributed by atoms with Crippen LogP contribution in [0.1, 0.15) is 13.8 Å². The largest absolute Gasteiger partial charge is 0.476 e. The number of alkyl halides is 2. The first kappa shape index (κ1) is 11.6. The smallest absolute Gasteiger partial charge is 0.388 e. The molecule has 0 atom stereocenters. The number of thioether (sulfide) groups is 1. The van der Waals surface area contributed by atoms with E-state index in [0.717, 1.165) is 0 Å². The van der Waals surface area contributed by atoms with Crippen molar-refractivity contribution in [2.45, 2.75) is 24.6 Å². The minimum Gasteiger partial charge on any atom is -0.476 e. The fourth-order valence-corrected chi connectivity index (χ4v) is 1.02. The van der Waals surface area contributed by atoms with Gasteiger partial charge in [-0.15, -0.1) is 0 Å². The SMILES string of the molecule is CC(C)(N)CSC(F)(F)C(=O)O. The lowest BCUT2D eigenvalue weighted by atomic mass is 10.1. The molecule has 0 aromatic heterocycles. The van der Waals surface area contributed by atoms with E-state index < -0.39 is 16.8 Å². The molecule has 3 nitrogen and oxygen atoms in total. The molecule has 0 aliphatic heterocycles. The quantitative estimate of drug-likeness (QED) is 0.712. The molecular weight excluding hydrogens is 188 g/mol. The molecule has 12 heavy (non-hydrogen) atoms. The fourth-order valence-electron chi connectivity index (χ4n) is 0.338. The van der Waals surface area contributed by atoms with E-state index in [9.17, 15) is 13.6 Å². The molecule has 0 amide bonds. The highest BCUT2D eigenvalue weighted by Crippen LogP contribution is 2.30. The van der Waals surface area contributed by atoms with Crippen LogP contribution in [0.5, 0.6) is 0 Å². The minimum atomic E-state index is -3.74. The van der Waals surface area contributed by atoms with Crippen molar-refractivity contribution >= 4 is 17.7 Å². The Hall–Kier alpha value is -0.360. The van der Waals surface area contributed by atoms with Crippen LogP contribution in [0.2, 0.25) is 0 Å². The molecule has 0 bridgehead atoms. The molecule has 0 aliphatic carbocycles. The lowest BCUT2D eigenvalue weighted by Gasteiger charge is -2.19. The first-order chi connectivity index (χ1) is 5.15. The first-order valence-corrected chi connectivity index (χ1v) is 4.18. The van der Waals surface area contributed by atoms with E-state index in [1.807, 2.05) is 0 Å². The van der Waals surface area contributed by atoms with E-state index in [1.54, 1.807) is 13.8 Å². The van der Waals surface area contributed by atoms with Crippen molar-refractivity contribution in [3.8, 4) is 0 Å². The van der Waals surface area contributed by atoms with Crippen molar-refractivity contribution in [1.82, 2.24) is 0 Å². The predicted molar refractivity (Wildman–Crippen MR) is 43.3 cm³/mol. The number of rotatable bonds is 4. The average molecular weight is 199 g/mol. The molecular formula is C6H11F2NO2S. The summed E-state index contributed by atoms with van der Waals surface area (Å²) in [7, 11) is 0. The second kappa shape index (κ2) is 3.57. The Labute approximate surface area is 73.3 Å². The topological polar surface area (TPSA) is 63.3 Å². The number of aliphatic carboxylic acids is 1. The molecule has 6 heteroatoms. The lowest BCUT2D eigenvalue weighted by Crippen LogP contribution is -2.37. The molecule has 72 valence electrons. The van der Waals surface area contributed by atoms with Gasteiger partial charge in [0.25, 0.3) is 0 Å².